The fourth-order valence-electron chi connectivity index (χ4n) is 1.32. The van der Waals surface area contributed by atoms with Gasteiger partial charge in [0.15, 0.2) is 5.69 Å². The Labute approximate surface area is 148 Å². The molecule has 0 heterocycles. The van der Waals surface area contributed by atoms with Crippen molar-refractivity contribution >= 4 is 76.5 Å². The predicted octanol–water partition coefficient (Wildman–Crippen LogP) is 5.45. The van der Waals surface area contributed by atoms with Gasteiger partial charge >= 0.3 is 6.11 Å². The second-order valence-corrected chi connectivity index (χ2v) is 10.6. The van der Waals surface area contributed by atoms with Crippen molar-refractivity contribution < 1.29 is 18.4 Å². The first kappa shape index (κ1) is 18.6. The van der Waals surface area contributed by atoms with E-state index in [9.17, 15) is 18.9 Å². The lowest BCUT2D eigenvalue weighted by molar-refractivity contribution is -0.384. The summed E-state index contributed by atoms with van der Waals surface area (Å²) in [6.45, 7) is 1.45. The van der Waals surface area contributed by atoms with E-state index in [4.69, 9.17) is 0 Å². The highest BCUT2D eigenvalue weighted by molar-refractivity contribution is 9.39. The number of nitrogens with zero attached hydrogens (tertiary/aromatic N) is 2. The third kappa shape index (κ3) is 4.49. The zero-order valence-corrected chi connectivity index (χ0v) is 15.6. The molecule has 0 aliphatic heterocycles. The zero-order chi connectivity index (χ0) is 16.4. The topological polar surface area (TPSA) is 64.7 Å². The van der Waals surface area contributed by atoms with E-state index in [1.54, 1.807) is 0 Å². The van der Waals surface area contributed by atoms with E-state index in [1.807, 2.05) is 5.16 Å². The first-order valence-corrected chi connectivity index (χ1v) is 7.79. The van der Waals surface area contributed by atoms with Gasteiger partial charge in [-0.25, -0.2) is 0 Å². The third-order valence-corrected chi connectivity index (χ3v) is 3.66. The molecule has 1 aromatic carbocycles. The first-order valence-electron chi connectivity index (χ1n) is 5.00. The van der Waals surface area contributed by atoms with E-state index in [2.05, 4.69) is 69.7 Å². The molecule has 0 amide bonds. The maximum atomic E-state index is 13.7. The minimum absolute atomic E-state index is 0.0616. The van der Waals surface area contributed by atoms with Gasteiger partial charge in [0.1, 0.15) is 5.75 Å². The number of benzene rings is 1. The van der Waals surface area contributed by atoms with Crippen LogP contribution in [0.15, 0.2) is 17.1 Å². The van der Waals surface area contributed by atoms with Crippen molar-refractivity contribution in [1.29, 1.82) is 0 Å². The number of alkyl halides is 5. The lowest BCUT2D eigenvalue weighted by Crippen LogP contribution is -2.38. The molecule has 0 N–H and O–H groups in total. The average Bonchev–Trinajstić information content (AvgIpc) is 2.30. The molecule has 1 aromatic rings. The molecule has 0 aliphatic carbocycles. The largest absolute Gasteiger partial charge is 0.433 e. The van der Waals surface area contributed by atoms with Crippen LogP contribution in [0.5, 0.6) is 5.75 Å². The van der Waals surface area contributed by atoms with Crippen LogP contribution in [0.2, 0.25) is 0 Å². The summed E-state index contributed by atoms with van der Waals surface area (Å²) in [4.78, 5) is 13.8. The number of halogens is 5. The molecule has 0 radical (unpaired) electrons. The van der Waals surface area contributed by atoms with Gasteiger partial charge in [-0.15, -0.1) is 0 Å². The molecule has 11 heteroatoms. The summed E-state index contributed by atoms with van der Waals surface area (Å²) in [5, 5.41) is 13.0. The van der Waals surface area contributed by atoms with Crippen molar-refractivity contribution in [2.45, 2.75) is 15.2 Å². The van der Waals surface area contributed by atoms with Crippen LogP contribution in [0.4, 0.5) is 20.2 Å². The number of ether oxygens (including phenoxy) is 1. The molecule has 0 fully saturated rings. The molecule has 0 aliphatic rings. The second-order valence-electron chi connectivity index (χ2n) is 3.68. The number of hydrogen-bond donors (Lipinski definition) is 0. The van der Waals surface area contributed by atoms with Crippen LogP contribution in [0, 0.1) is 17.0 Å². The van der Waals surface area contributed by atoms with E-state index < -0.39 is 24.6 Å². The van der Waals surface area contributed by atoms with Gasteiger partial charge < -0.3 is 4.74 Å². The number of nitro benzene ring substituents is 1. The summed E-state index contributed by atoms with van der Waals surface area (Å²) in [5.74, 6) is -0.393. The molecular weight excluding hydrogens is 506 g/mol. The summed E-state index contributed by atoms with van der Waals surface area (Å²) < 4.78 is 30.0. The maximum Gasteiger partial charge on any atom is 0.433 e. The van der Waals surface area contributed by atoms with Crippen LogP contribution in [0.25, 0.3) is 0 Å². The van der Waals surface area contributed by atoms with Crippen LogP contribution in [0.1, 0.15) is 5.56 Å². The standard InChI is InChI=1S/C10H5Br3F2N2O3S/c1-5-2-6(20-10(14,15)9(11,12)13)3-7(17(18)19)8(5)16-4-21/h2-3H,1H3. The predicted molar refractivity (Wildman–Crippen MR) is 87.6 cm³/mol. The molecule has 0 aromatic heterocycles. The molecule has 1 rings (SSSR count). The van der Waals surface area contributed by atoms with Crippen molar-refractivity contribution in [3.63, 3.8) is 0 Å². The SMILES string of the molecule is Cc1cc(OC(F)(F)C(Br)(Br)Br)cc([N+](=O)[O-])c1N=C=S. The molecule has 21 heavy (non-hydrogen) atoms. The van der Waals surface area contributed by atoms with Crippen molar-refractivity contribution in [1.82, 2.24) is 0 Å². The number of aryl methyl sites for hydroxylation is 1. The highest BCUT2D eigenvalue weighted by Gasteiger charge is 2.52. The molecule has 0 unspecified atom stereocenters. The van der Waals surface area contributed by atoms with E-state index in [-0.39, 0.29) is 11.3 Å². The van der Waals surface area contributed by atoms with Gasteiger partial charge in [0, 0.05) is 0 Å². The van der Waals surface area contributed by atoms with Crippen LogP contribution in [-0.4, -0.2) is 18.3 Å². The zero-order valence-electron chi connectivity index (χ0n) is 10.1. The normalized spacial score (nSPS) is 11.7. The molecule has 0 bridgehead atoms. The number of hydrogen-bond acceptors (Lipinski definition) is 5. The molecule has 114 valence electrons. The van der Waals surface area contributed by atoms with Crippen LogP contribution in [0.3, 0.4) is 0 Å². The van der Waals surface area contributed by atoms with Crippen LogP contribution in [-0.2, 0) is 0 Å². The van der Waals surface area contributed by atoms with Gasteiger partial charge in [0.05, 0.1) is 16.2 Å². The second kappa shape index (κ2) is 6.74. The Balaban J connectivity index is 3.35. The first-order chi connectivity index (χ1) is 9.49. The molecule has 0 atom stereocenters. The Kier molecular flexibility index (Phi) is 5.96. The van der Waals surface area contributed by atoms with Crippen molar-refractivity contribution in [3.8, 4) is 5.75 Å². The van der Waals surface area contributed by atoms with Crippen LogP contribution >= 0.6 is 60.0 Å². The van der Waals surface area contributed by atoms with Gasteiger partial charge in [-0.3, -0.25) is 10.1 Å². The molecule has 0 spiro atoms. The van der Waals surface area contributed by atoms with Crippen molar-refractivity contribution in [3.05, 3.63) is 27.8 Å². The summed E-state index contributed by atoms with van der Waals surface area (Å²) in [6, 6.07) is 2.02. The van der Waals surface area contributed by atoms with Crippen molar-refractivity contribution in [2.75, 3.05) is 0 Å². The summed E-state index contributed by atoms with van der Waals surface area (Å²) >= 11 is 12.3. The summed E-state index contributed by atoms with van der Waals surface area (Å²) in [5.41, 5.74) is -0.326. The van der Waals surface area contributed by atoms with E-state index in [1.165, 1.54) is 13.0 Å². The Hall–Kier alpha value is -0.480. The molecule has 5 nitrogen and oxygen atoms in total. The highest BCUT2D eigenvalue weighted by Crippen LogP contribution is 2.48. The molecule has 0 saturated heterocycles. The van der Waals surface area contributed by atoms with Gasteiger partial charge in [0.2, 0.25) is 2.14 Å². The van der Waals surface area contributed by atoms with E-state index in [0.717, 1.165) is 6.07 Å². The highest BCUT2D eigenvalue weighted by atomic mass is 80.0. The number of aliphatic imine (C=N–C) groups is 1. The Bertz CT molecular complexity index is 631. The van der Waals surface area contributed by atoms with Gasteiger partial charge in [0.25, 0.3) is 5.69 Å². The summed E-state index contributed by atoms with van der Waals surface area (Å²) in [7, 11) is 0. The monoisotopic (exact) mass is 508 g/mol. The third-order valence-electron chi connectivity index (χ3n) is 2.18. The van der Waals surface area contributed by atoms with Gasteiger partial charge in [-0.2, -0.15) is 13.8 Å². The molecule has 0 saturated carbocycles. The lowest BCUT2D eigenvalue weighted by Gasteiger charge is -2.25. The number of nitro groups is 1. The quantitative estimate of drug-likeness (QED) is 0.178. The van der Waals surface area contributed by atoms with Crippen molar-refractivity contribution in [2.24, 2.45) is 4.99 Å². The van der Waals surface area contributed by atoms with Gasteiger partial charge in [-0.05, 0) is 78.6 Å². The smallest absolute Gasteiger partial charge is 0.430 e. The number of thiocarbonyl (C=S) groups is 1. The minimum Gasteiger partial charge on any atom is -0.430 e. The summed E-state index contributed by atoms with van der Waals surface area (Å²) in [6.07, 6.45) is -3.73. The van der Waals surface area contributed by atoms with E-state index >= 15 is 0 Å². The fourth-order valence-corrected chi connectivity index (χ4v) is 1.66. The van der Waals surface area contributed by atoms with Crippen LogP contribution < -0.4 is 4.74 Å². The maximum absolute atomic E-state index is 13.7. The average molecular weight is 511 g/mol. The Morgan fingerprint density at radius 2 is 2.00 bits per heavy atom. The fraction of sp³-hybridized carbons (Fsp3) is 0.300. The van der Waals surface area contributed by atoms with Gasteiger partial charge in [-0.1, -0.05) is 0 Å². The minimum atomic E-state index is -3.73. The number of isothiocyanates is 1. The Morgan fingerprint density at radius 1 is 1.43 bits per heavy atom. The van der Waals surface area contributed by atoms with E-state index in [0.29, 0.717) is 0 Å². The molecular formula is C10H5Br3F2N2O3S. The number of rotatable bonds is 4. The Morgan fingerprint density at radius 3 is 2.43 bits per heavy atom. The lowest BCUT2D eigenvalue weighted by atomic mass is 10.1.